The minimum Gasteiger partial charge on any atom is -0.493 e. The Kier molecular flexibility index (Phi) is 3.27. The van der Waals surface area contributed by atoms with Crippen LogP contribution in [-0.4, -0.2) is 24.9 Å². The van der Waals surface area contributed by atoms with Crippen molar-refractivity contribution in [2.45, 2.75) is 45.8 Å². The Morgan fingerprint density at radius 1 is 1.24 bits per heavy atom. The van der Waals surface area contributed by atoms with Crippen LogP contribution in [0.5, 0.6) is 5.75 Å². The van der Waals surface area contributed by atoms with E-state index >= 15 is 0 Å². The monoisotopic (exact) mass is 254 g/mol. The first-order valence-corrected chi connectivity index (χ1v) is 6.80. The van der Waals surface area contributed by atoms with Gasteiger partial charge in [0, 0.05) is 10.2 Å². The largest absolute Gasteiger partial charge is 0.505 e. The lowest BCUT2D eigenvalue weighted by molar-refractivity contribution is 0.00578. The molecule has 1 aliphatic rings. The van der Waals surface area contributed by atoms with Crippen molar-refractivity contribution in [2.75, 3.05) is 6.61 Å². The second-order valence-corrected chi connectivity index (χ2v) is 6.15. The van der Waals surface area contributed by atoms with Gasteiger partial charge in [0.05, 0.1) is 17.8 Å². The van der Waals surface area contributed by atoms with Gasteiger partial charge >= 0.3 is 7.12 Å². The Bertz CT molecular complexity index is 384. The summed E-state index contributed by atoms with van der Waals surface area (Å²) in [6.07, 6.45) is 0. The molecule has 5 heteroatoms. The van der Waals surface area contributed by atoms with Gasteiger partial charge in [0.15, 0.2) is 0 Å². The van der Waals surface area contributed by atoms with E-state index in [1.54, 1.807) is 11.3 Å². The van der Waals surface area contributed by atoms with Crippen molar-refractivity contribution in [1.82, 2.24) is 0 Å². The average Bonchev–Trinajstić information content (AvgIpc) is 2.71. The predicted octanol–water partition coefficient (Wildman–Crippen LogP) is 2.45. The molecule has 2 heterocycles. The minimum atomic E-state index is -0.284. The van der Waals surface area contributed by atoms with Crippen LogP contribution < -0.4 is 9.51 Å². The molecule has 1 fully saturated rings. The van der Waals surface area contributed by atoms with Crippen LogP contribution in [0.15, 0.2) is 11.4 Å². The highest BCUT2D eigenvalue weighted by molar-refractivity contribution is 7.21. The van der Waals surface area contributed by atoms with E-state index in [4.69, 9.17) is 14.0 Å². The third-order valence-electron chi connectivity index (χ3n) is 3.39. The molecule has 0 bridgehead atoms. The summed E-state index contributed by atoms with van der Waals surface area (Å²) in [5.74, 6) is 0.891. The van der Waals surface area contributed by atoms with E-state index < -0.39 is 0 Å². The van der Waals surface area contributed by atoms with Gasteiger partial charge in [-0.1, -0.05) is 0 Å². The highest BCUT2D eigenvalue weighted by atomic mass is 32.1. The Hall–Kier alpha value is -0.515. The number of ether oxygens (including phenoxy) is 1. The summed E-state index contributed by atoms with van der Waals surface area (Å²) in [7, 11) is -0.279. The topological polar surface area (TPSA) is 27.7 Å². The lowest BCUT2D eigenvalue weighted by atomic mass is 9.88. The molecule has 0 spiro atoms. The molecule has 0 N–H and O–H groups in total. The number of hydrogen-bond acceptors (Lipinski definition) is 4. The number of thiophene rings is 1. The predicted molar refractivity (Wildman–Crippen MR) is 71.2 cm³/mol. The lowest BCUT2D eigenvalue weighted by Gasteiger charge is -2.32. The van der Waals surface area contributed by atoms with E-state index in [2.05, 4.69) is 27.7 Å². The van der Waals surface area contributed by atoms with E-state index in [-0.39, 0.29) is 18.3 Å². The molecule has 0 aromatic carbocycles. The van der Waals surface area contributed by atoms with Crippen LogP contribution in [-0.2, 0) is 9.31 Å². The maximum Gasteiger partial charge on any atom is 0.505 e. The van der Waals surface area contributed by atoms with Crippen molar-refractivity contribution < 1.29 is 14.0 Å². The van der Waals surface area contributed by atoms with Crippen LogP contribution in [0.4, 0.5) is 0 Å². The van der Waals surface area contributed by atoms with Crippen molar-refractivity contribution >= 4 is 23.2 Å². The van der Waals surface area contributed by atoms with E-state index in [9.17, 15) is 0 Å². The fourth-order valence-corrected chi connectivity index (χ4v) is 2.44. The van der Waals surface area contributed by atoms with E-state index in [0.717, 1.165) is 10.5 Å². The first kappa shape index (κ1) is 12.9. The zero-order valence-corrected chi connectivity index (χ0v) is 11.9. The molecular formula is C12H19BO3S. The van der Waals surface area contributed by atoms with Gasteiger partial charge in [-0.15, -0.1) is 11.3 Å². The Balaban J connectivity index is 2.14. The Morgan fingerprint density at radius 2 is 1.82 bits per heavy atom. The van der Waals surface area contributed by atoms with E-state index in [1.807, 2.05) is 18.4 Å². The quantitative estimate of drug-likeness (QED) is 0.775. The van der Waals surface area contributed by atoms with Crippen LogP contribution >= 0.6 is 11.3 Å². The first-order chi connectivity index (χ1) is 7.86. The highest BCUT2D eigenvalue weighted by Crippen LogP contribution is 2.37. The molecule has 94 valence electrons. The van der Waals surface area contributed by atoms with Crippen LogP contribution in [0.3, 0.4) is 0 Å². The fourth-order valence-electron chi connectivity index (χ4n) is 1.66. The summed E-state index contributed by atoms with van der Waals surface area (Å²) >= 11 is 1.61. The molecule has 0 saturated carbocycles. The molecular weight excluding hydrogens is 235 g/mol. The van der Waals surface area contributed by atoms with Crippen LogP contribution in [0.2, 0.25) is 0 Å². The Morgan fingerprint density at radius 3 is 2.35 bits per heavy atom. The summed E-state index contributed by atoms with van der Waals surface area (Å²) in [6, 6.07) is 2.00. The molecule has 1 aromatic heterocycles. The maximum atomic E-state index is 5.97. The van der Waals surface area contributed by atoms with Crippen molar-refractivity contribution in [1.29, 1.82) is 0 Å². The van der Waals surface area contributed by atoms with Gasteiger partial charge in [0.2, 0.25) is 0 Å². The minimum absolute atomic E-state index is 0.279. The van der Waals surface area contributed by atoms with Crippen LogP contribution in [0, 0.1) is 0 Å². The molecule has 17 heavy (non-hydrogen) atoms. The van der Waals surface area contributed by atoms with Gasteiger partial charge in [0.25, 0.3) is 0 Å². The number of rotatable bonds is 3. The second kappa shape index (κ2) is 4.30. The van der Waals surface area contributed by atoms with Crippen molar-refractivity contribution in [3.63, 3.8) is 0 Å². The molecule has 0 unspecified atom stereocenters. The van der Waals surface area contributed by atoms with Crippen LogP contribution in [0.1, 0.15) is 34.6 Å². The zero-order chi connectivity index (χ0) is 12.7. The normalized spacial score (nSPS) is 21.8. The molecule has 0 amide bonds. The summed E-state index contributed by atoms with van der Waals surface area (Å²) in [6.45, 7) is 10.9. The third-order valence-corrected chi connectivity index (χ3v) is 4.32. The molecule has 3 nitrogen and oxygen atoms in total. The van der Waals surface area contributed by atoms with E-state index in [1.165, 1.54) is 0 Å². The molecule has 1 aliphatic heterocycles. The van der Waals surface area contributed by atoms with E-state index in [0.29, 0.717) is 6.61 Å². The Labute approximate surface area is 107 Å². The third kappa shape index (κ3) is 2.37. The second-order valence-electron chi connectivity index (χ2n) is 5.21. The van der Waals surface area contributed by atoms with Crippen molar-refractivity contribution in [3.8, 4) is 5.75 Å². The van der Waals surface area contributed by atoms with Gasteiger partial charge in [-0.05, 0) is 40.7 Å². The molecule has 1 saturated heterocycles. The van der Waals surface area contributed by atoms with Crippen LogP contribution in [0.25, 0.3) is 0 Å². The van der Waals surface area contributed by atoms with Gasteiger partial charge < -0.3 is 14.0 Å². The standard InChI is InChI=1S/C12H19BO3S/c1-6-14-9-7-10(17-8-9)13-15-11(2,3)12(4,5)16-13/h7-8H,6H2,1-5H3. The first-order valence-electron chi connectivity index (χ1n) is 5.92. The van der Waals surface area contributed by atoms with Crippen molar-refractivity contribution in [2.24, 2.45) is 0 Å². The van der Waals surface area contributed by atoms with Gasteiger partial charge in [-0.2, -0.15) is 0 Å². The van der Waals surface area contributed by atoms with Gasteiger partial charge in [-0.25, -0.2) is 0 Å². The SMILES string of the molecule is CCOc1csc(B2OC(C)(C)C(C)(C)O2)c1. The number of hydrogen-bond donors (Lipinski definition) is 0. The highest BCUT2D eigenvalue weighted by Gasteiger charge is 2.52. The maximum absolute atomic E-state index is 5.97. The molecule has 0 aliphatic carbocycles. The molecule has 1 aromatic rings. The lowest BCUT2D eigenvalue weighted by Crippen LogP contribution is -2.41. The van der Waals surface area contributed by atoms with Crippen molar-refractivity contribution in [3.05, 3.63) is 11.4 Å². The summed E-state index contributed by atoms with van der Waals surface area (Å²) in [5, 5.41) is 1.99. The summed E-state index contributed by atoms with van der Waals surface area (Å²) in [5.41, 5.74) is -0.569. The molecule has 0 radical (unpaired) electrons. The summed E-state index contributed by atoms with van der Waals surface area (Å²) in [4.78, 5) is 0. The van der Waals surface area contributed by atoms with Gasteiger partial charge in [0.1, 0.15) is 5.75 Å². The average molecular weight is 254 g/mol. The molecule has 2 rings (SSSR count). The summed E-state index contributed by atoms with van der Waals surface area (Å²) < 4.78 is 18.5. The smallest absolute Gasteiger partial charge is 0.493 e. The van der Waals surface area contributed by atoms with Gasteiger partial charge in [-0.3, -0.25) is 0 Å². The molecule has 0 atom stereocenters. The fraction of sp³-hybridized carbons (Fsp3) is 0.667. The zero-order valence-electron chi connectivity index (χ0n) is 11.1.